The SMILES string of the molecule is O=C(O)CS(=O)CC(=O)Nc1ccc([N+](=O)[O-])cc1. The van der Waals surface area contributed by atoms with Crippen molar-refractivity contribution < 1.29 is 23.8 Å². The molecular formula is C10H10N2O6S. The van der Waals surface area contributed by atoms with Gasteiger partial charge in [0.2, 0.25) is 5.91 Å². The number of nitro groups is 1. The Labute approximate surface area is 110 Å². The van der Waals surface area contributed by atoms with Crippen LogP contribution in [0.2, 0.25) is 0 Å². The highest BCUT2D eigenvalue weighted by Gasteiger charge is 2.12. The molecule has 1 aromatic rings. The summed E-state index contributed by atoms with van der Waals surface area (Å²) in [5.41, 5.74) is 0.190. The number of benzene rings is 1. The van der Waals surface area contributed by atoms with Gasteiger partial charge in [-0.3, -0.25) is 23.9 Å². The highest BCUT2D eigenvalue weighted by Crippen LogP contribution is 2.15. The van der Waals surface area contributed by atoms with Gasteiger partial charge in [-0.1, -0.05) is 0 Å². The first kappa shape index (κ1) is 14.8. The topological polar surface area (TPSA) is 127 Å². The second-order valence-corrected chi connectivity index (χ2v) is 4.93. The quantitative estimate of drug-likeness (QED) is 0.574. The van der Waals surface area contributed by atoms with Gasteiger partial charge in [-0.05, 0) is 12.1 Å². The minimum Gasteiger partial charge on any atom is -0.481 e. The zero-order valence-electron chi connectivity index (χ0n) is 9.57. The molecule has 0 fully saturated rings. The number of aliphatic carboxylic acids is 1. The summed E-state index contributed by atoms with van der Waals surface area (Å²) in [5.74, 6) is -2.91. The molecule has 0 heterocycles. The van der Waals surface area contributed by atoms with Gasteiger partial charge in [-0.2, -0.15) is 0 Å². The largest absolute Gasteiger partial charge is 0.481 e. The molecule has 1 amide bonds. The van der Waals surface area contributed by atoms with Crippen LogP contribution in [0.3, 0.4) is 0 Å². The first-order valence-corrected chi connectivity index (χ1v) is 6.48. The minimum absolute atomic E-state index is 0.118. The number of nitrogens with zero attached hydrogens (tertiary/aromatic N) is 1. The fourth-order valence-corrected chi connectivity index (χ4v) is 1.94. The van der Waals surface area contributed by atoms with E-state index in [9.17, 15) is 23.9 Å². The first-order valence-electron chi connectivity index (χ1n) is 4.99. The molecule has 0 saturated carbocycles. The van der Waals surface area contributed by atoms with Gasteiger partial charge in [0, 0.05) is 28.6 Å². The van der Waals surface area contributed by atoms with Gasteiger partial charge in [0.25, 0.3) is 5.69 Å². The summed E-state index contributed by atoms with van der Waals surface area (Å²) in [6.45, 7) is 0. The molecule has 2 N–H and O–H groups in total. The van der Waals surface area contributed by atoms with Crippen molar-refractivity contribution in [3.05, 3.63) is 34.4 Å². The first-order chi connectivity index (χ1) is 8.88. The van der Waals surface area contributed by atoms with Crippen molar-refractivity contribution in [3.63, 3.8) is 0 Å². The summed E-state index contributed by atoms with van der Waals surface area (Å²) in [5, 5.41) is 21.2. The molecular weight excluding hydrogens is 276 g/mol. The van der Waals surface area contributed by atoms with Crippen LogP contribution in [-0.4, -0.2) is 37.6 Å². The lowest BCUT2D eigenvalue weighted by Gasteiger charge is -2.04. The Morgan fingerprint density at radius 3 is 2.32 bits per heavy atom. The summed E-state index contributed by atoms with van der Waals surface area (Å²) in [7, 11) is -1.79. The number of hydrogen-bond acceptors (Lipinski definition) is 5. The third-order valence-corrected chi connectivity index (χ3v) is 3.09. The number of hydrogen-bond donors (Lipinski definition) is 2. The van der Waals surface area contributed by atoms with Crippen molar-refractivity contribution in [1.29, 1.82) is 0 Å². The maximum absolute atomic E-state index is 11.4. The molecule has 19 heavy (non-hydrogen) atoms. The van der Waals surface area contributed by atoms with Gasteiger partial charge in [0.05, 0.1) is 4.92 Å². The number of anilines is 1. The van der Waals surface area contributed by atoms with Crippen LogP contribution in [0, 0.1) is 10.1 Å². The van der Waals surface area contributed by atoms with Crippen LogP contribution in [0.25, 0.3) is 0 Å². The predicted octanol–water partition coefficient (Wildman–Crippen LogP) is 0.367. The molecule has 0 spiro atoms. The van der Waals surface area contributed by atoms with Crippen molar-refractivity contribution in [2.45, 2.75) is 0 Å². The van der Waals surface area contributed by atoms with Gasteiger partial charge in [0.1, 0.15) is 11.5 Å². The van der Waals surface area contributed by atoms with Crippen LogP contribution in [-0.2, 0) is 20.4 Å². The van der Waals surface area contributed by atoms with Crippen molar-refractivity contribution in [2.75, 3.05) is 16.8 Å². The summed E-state index contributed by atoms with van der Waals surface area (Å²) in [4.78, 5) is 31.5. The average molecular weight is 286 g/mol. The summed E-state index contributed by atoms with van der Waals surface area (Å²) >= 11 is 0. The molecule has 0 aromatic heterocycles. The predicted molar refractivity (Wildman–Crippen MR) is 67.2 cm³/mol. The number of non-ortho nitro benzene ring substituents is 1. The van der Waals surface area contributed by atoms with E-state index in [2.05, 4.69) is 5.32 Å². The molecule has 0 radical (unpaired) electrons. The van der Waals surface area contributed by atoms with Crippen LogP contribution >= 0.6 is 0 Å². The Morgan fingerprint density at radius 2 is 1.84 bits per heavy atom. The Kier molecular flexibility index (Phi) is 5.12. The number of carbonyl (C=O) groups excluding carboxylic acids is 1. The van der Waals surface area contributed by atoms with Crippen LogP contribution in [0.15, 0.2) is 24.3 Å². The van der Waals surface area contributed by atoms with E-state index in [0.717, 1.165) is 0 Å². The Balaban J connectivity index is 2.55. The summed E-state index contributed by atoms with van der Waals surface area (Å²) < 4.78 is 11.2. The molecule has 9 heteroatoms. The Bertz CT molecular complexity index is 527. The van der Waals surface area contributed by atoms with Crippen LogP contribution in [0.4, 0.5) is 11.4 Å². The van der Waals surface area contributed by atoms with E-state index >= 15 is 0 Å². The molecule has 0 bridgehead atoms. The lowest BCUT2D eigenvalue weighted by molar-refractivity contribution is -0.384. The lowest BCUT2D eigenvalue weighted by atomic mass is 10.3. The Hall–Kier alpha value is -2.29. The zero-order valence-corrected chi connectivity index (χ0v) is 10.4. The fourth-order valence-electron chi connectivity index (χ4n) is 1.20. The molecule has 0 aliphatic heterocycles. The molecule has 1 unspecified atom stereocenters. The van der Waals surface area contributed by atoms with Gasteiger partial charge >= 0.3 is 5.97 Å². The number of amides is 1. The fraction of sp³-hybridized carbons (Fsp3) is 0.200. The number of rotatable bonds is 6. The average Bonchev–Trinajstić information content (AvgIpc) is 2.27. The van der Waals surface area contributed by atoms with E-state index in [1.165, 1.54) is 24.3 Å². The van der Waals surface area contributed by atoms with Gasteiger partial charge in [0.15, 0.2) is 0 Å². The van der Waals surface area contributed by atoms with Crippen molar-refractivity contribution in [3.8, 4) is 0 Å². The number of carbonyl (C=O) groups is 2. The maximum Gasteiger partial charge on any atom is 0.316 e. The molecule has 0 aliphatic carbocycles. The molecule has 1 atom stereocenters. The Morgan fingerprint density at radius 1 is 1.26 bits per heavy atom. The third kappa shape index (κ3) is 5.25. The van der Waals surface area contributed by atoms with Crippen molar-refractivity contribution in [2.24, 2.45) is 0 Å². The minimum atomic E-state index is -1.79. The number of nitrogens with one attached hydrogen (secondary N) is 1. The van der Waals surface area contributed by atoms with E-state index in [4.69, 9.17) is 5.11 Å². The normalized spacial score (nSPS) is 11.6. The smallest absolute Gasteiger partial charge is 0.316 e. The monoisotopic (exact) mass is 286 g/mol. The van der Waals surface area contributed by atoms with Gasteiger partial charge in [-0.15, -0.1) is 0 Å². The highest BCUT2D eigenvalue weighted by molar-refractivity contribution is 7.86. The van der Waals surface area contributed by atoms with Crippen LogP contribution in [0.1, 0.15) is 0 Å². The highest BCUT2D eigenvalue weighted by atomic mass is 32.2. The van der Waals surface area contributed by atoms with Crippen molar-refractivity contribution in [1.82, 2.24) is 0 Å². The summed E-state index contributed by atoms with van der Waals surface area (Å²) in [6.07, 6.45) is 0. The zero-order chi connectivity index (χ0) is 14.4. The molecule has 0 aliphatic rings. The van der Waals surface area contributed by atoms with E-state index in [0.29, 0.717) is 5.69 Å². The molecule has 1 aromatic carbocycles. The van der Waals surface area contributed by atoms with Crippen molar-refractivity contribution >= 4 is 34.1 Å². The van der Waals surface area contributed by atoms with E-state index < -0.39 is 39.1 Å². The van der Waals surface area contributed by atoms with Crippen LogP contribution < -0.4 is 5.32 Å². The van der Waals surface area contributed by atoms with E-state index in [1.807, 2.05) is 0 Å². The molecule has 8 nitrogen and oxygen atoms in total. The molecule has 102 valence electrons. The van der Waals surface area contributed by atoms with Crippen LogP contribution in [0.5, 0.6) is 0 Å². The third-order valence-electron chi connectivity index (χ3n) is 1.94. The number of nitro benzene ring substituents is 1. The van der Waals surface area contributed by atoms with Gasteiger partial charge < -0.3 is 10.4 Å². The molecule has 1 rings (SSSR count). The molecule has 0 saturated heterocycles. The lowest BCUT2D eigenvalue weighted by Crippen LogP contribution is -2.23. The maximum atomic E-state index is 11.4. The van der Waals surface area contributed by atoms with Gasteiger partial charge in [-0.25, -0.2) is 0 Å². The second kappa shape index (κ2) is 6.59. The standard InChI is InChI=1S/C10H10N2O6S/c13-9(5-19(18)6-10(14)15)11-7-1-3-8(4-2-7)12(16)17/h1-4H,5-6H2,(H,11,13)(H,14,15). The number of carboxylic acids is 1. The summed E-state index contributed by atoms with van der Waals surface area (Å²) in [6, 6.07) is 5.08. The van der Waals surface area contributed by atoms with E-state index in [1.54, 1.807) is 0 Å². The van der Waals surface area contributed by atoms with E-state index in [-0.39, 0.29) is 5.69 Å². The second-order valence-electron chi connectivity index (χ2n) is 3.47. The number of carboxylic acid groups (broad SMARTS) is 1.